The fourth-order valence-electron chi connectivity index (χ4n) is 1.71. The third kappa shape index (κ3) is 2.67. The van der Waals surface area contributed by atoms with Gasteiger partial charge >= 0.3 is 0 Å². The summed E-state index contributed by atoms with van der Waals surface area (Å²) in [6, 6.07) is 4.59. The molecule has 0 atom stereocenters. The highest BCUT2D eigenvalue weighted by Crippen LogP contribution is 2.27. The molecule has 6 heteroatoms. The lowest BCUT2D eigenvalue weighted by atomic mass is 10.2. The molecule has 0 saturated heterocycles. The van der Waals surface area contributed by atoms with Gasteiger partial charge in [0.25, 0.3) is 0 Å². The standard InChI is InChI=1S/C13H13FN4O/c1-8-5-12(11(14)7-17-8)18(9(2)19)13-6-10(15)3-4-16-13/h3-7H,1-2H3,(H2,15,16). The fourth-order valence-corrected chi connectivity index (χ4v) is 1.71. The molecule has 2 rings (SSSR count). The summed E-state index contributed by atoms with van der Waals surface area (Å²) >= 11 is 0. The Hall–Kier alpha value is -2.50. The van der Waals surface area contributed by atoms with Gasteiger partial charge in [-0.2, -0.15) is 0 Å². The zero-order chi connectivity index (χ0) is 14.0. The van der Waals surface area contributed by atoms with E-state index >= 15 is 0 Å². The maximum Gasteiger partial charge on any atom is 0.229 e. The van der Waals surface area contributed by atoms with Crippen molar-refractivity contribution in [2.24, 2.45) is 0 Å². The second-order valence-corrected chi connectivity index (χ2v) is 4.08. The van der Waals surface area contributed by atoms with E-state index in [9.17, 15) is 9.18 Å². The first kappa shape index (κ1) is 12.9. The monoisotopic (exact) mass is 260 g/mol. The highest BCUT2D eigenvalue weighted by molar-refractivity contribution is 5.98. The van der Waals surface area contributed by atoms with Crippen molar-refractivity contribution >= 4 is 23.1 Å². The average molecular weight is 260 g/mol. The van der Waals surface area contributed by atoms with Gasteiger partial charge in [0.15, 0.2) is 5.82 Å². The van der Waals surface area contributed by atoms with Gasteiger partial charge in [0, 0.05) is 30.6 Å². The largest absolute Gasteiger partial charge is 0.399 e. The van der Waals surface area contributed by atoms with E-state index in [1.807, 2.05) is 0 Å². The van der Waals surface area contributed by atoms with Crippen LogP contribution in [0.1, 0.15) is 12.6 Å². The molecule has 0 unspecified atom stereocenters. The van der Waals surface area contributed by atoms with E-state index in [0.717, 1.165) is 6.20 Å². The van der Waals surface area contributed by atoms with E-state index in [-0.39, 0.29) is 17.4 Å². The Bertz CT molecular complexity index is 630. The summed E-state index contributed by atoms with van der Waals surface area (Å²) < 4.78 is 13.9. The van der Waals surface area contributed by atoms with Crippen molar-refractivity contribution in [1.29, 1.82) is 0 Å². The Morgan fingerprint density at radius 3 is 2.74 bits per heavy atom. The lowest BCUT2D eigenvalue weighted by molar-refractivity contribution is -0.115. The number of carbonyl (C=O) groups is 1. The molecule has 0 radical (unpaired) electrons. The second-order valence-electron chi connectivity index (χ2n) is 4.08. The summed E-state index contributed by atoms with van der Waals surface area (Å²) in [6.07, 6.45) is 2.54. The predicted octanol–water partition coefficient (Wildman–Crippen LogP) is 2.19. The minimum atomic E-state index is -0.593. The van der Waals surface area contributed by atoms with Gasteiger partial charge in [-0.05, 0) is 19.1 Å². The smallest absolute Gasteiger partial charge is 0.229 e. The summed E-state index contributed by atoms with van der Waals surface area (Å²) in [5.74, 6) is -0.676. The second kappa shape index (κ2) is 5.01. The van der Waals surface area contributed by atoms with E-state index in [0.29, 0.717) is 11.4 Å². The van der Waals surface area contributed by atoms with Gasteiger partial charge in [-0.1, -0.05) is 0 Å². The predicted molar refractivity (Wildman–Crippen MR) is 70.4 cm³/mol. The molecule has 2 aromatic heterocycles. The molecule has 98 valence electrons. The molecule has 0 saturated carbocycles. The van der Waals surface area contributed by atoms with E-state index in [4.69, 9.17) is 5.73 Å². The number of aromatic nitrogens is 2. The lowest BCUT2D eigenvalue weighted by Gasteiger charge is -2.21. The summed E-state index contributed by atoms with van der Waals surface area (Å²) in [5, 5.41) is 0. The Morgan fingerprint density at radius 2 is 2.11 bits per heavy atom. The van der Waals surface area contributed by atoms with Crippen molar-refractivity contribution in [3.8, 4) is 0 Å². The number of carbonyl (C=O) groups excluding carboxylic acids is 1. The van der Waals surface area contributed by atoms with Crippen LogP contribution in [0.3, 0.4) is 0 Å². The molecule has 0 aliphatic heterocycles. The number of nitrogens with two attached hydrogens (primary N) is 1. The maximum atomic E-state index is 13.9. The Morgan fingerprint density at radius 1 is 1.37 bits per heavy atom. The van der Waals surface area contributed by atoms with E-state index in [1.54, 1.807) is 13.0 Å². The molecule has 0 spiro atoms. The minimum Gasteiger partial charge on any atom is -0.399 e. The average Bonchev–Trinajstić information content (AvgIpc) is 2.33. The summed E-state index contributed by atoms with van der Waals surface area (Å²) in [7, 11) is 0. The van der Waals surface area contributed by atoms with E-state index in [1.165, 1.54) is 30.2 Å². The molecule has 5 nitrogen and oxygen atoms in total. The Kier molecular flexibility index (Phi) is 3.41. The molecule has 0 aliphatic carbocycles. The van der Waals surface area contributed by atoms with Crippen LogP contribution >= 0.6 is 0 Å². The number of halogens is 1. The van der Waals surface area contributed by atoms with Crippen LogP contribution in [0.5, 0.6) is 0 Å². The third-order valence-corrected chi connectivity index (χ3v) is 2.53. The van der Waals surface area contributed by atoms with E-state index in [2.05, 4.69) is 9.97 Å². The number of pyridine rings is 2. The highest BCUT2D eigenvalue weighted by atomic mass is 19.1. The van der Waals surface area contributed by atoms with Crippen molar-refractivity contribution in [2.45, 2.75) is 13.8 Å². The molecule has 2 N–H and O–H groups in total. The first-order valence-electron chi connectivity index (χ1n) is 5.63. The first-order chi connectivity index (χ1) is 8.99. The molecular formula is C13H13FN4O. The van der Waals surface area contributed by atoms with Gasteiger partial charge in [0.1, 0.15) is 5.82 Å². The van der Waals surface area contributed by atoms with Gasteiger partial charge < -0.3 is 5.73 Å². The SMILES string of the molecule is CC(=O)N(c1cc(N)ccn1)c1cc(C)ncc1F. The summed E-state index contributed by atoms with van der Waals surface area (Å²) in [5.41, 5.74) is 6.82. The summed E-state index contributed by atoms with van der Waals surface area (Å²) in [6.45, 7) is 3.05. The molecule has 0 aliphatic rings. The molecule has 19 heavy (non-hydrogen) atoms. The topological polar surface area (TPSA) is 72.1 Å². The first-order valence-corrected chi connectivity index (χ1v) is 5.63. The minimum absolute atomic E-state index is 0.109. The number of aryl methyl sites for hydroxylation is 1. The molecule has 0 aromatic carbocycles. The van der Waals surface area contributed by atoms with Crippen LogP contribution in [0.15, 0.2) is 30.6 Å². The molecule has 2 aromatic rings. The molecule has 2 heterocycles. The number of hydrogen-bond acceptors (Lipinski definition) is 4. The van der Waals surface area contributed by atoms with Crippen molar-refractivity contribution in [3.63, 3.8) is 0 Å². The third-order valence-electron chi connectivity index (χ3n) is 2.53. The van der Waals surface area contributed by atoms with Gasteiger partial charge in [-0.25, -0.2) is 9.37 Å². The van der Waals surface area contributed by atoms with Crippen LogP contribution in [0.4, 0.5) is 21.6 Å². The summed E-state index contributed by atoms with van der Waals surface area (Å²) in [4.78, 5) is 20.8. The number of nitrogen functional groups attached to an aromatic ring is 1. The van der Waals surface area contributed by atoms with Gasteiger partial charge in [0.05, 0.1) is 11.9 Å². The molecule has 0 fully saturated rings. The van der Waals surface area contributed by atoms with Crippen molar-refractivity contribution in [2.75, 3.05) is 10.6 Å². The number of nitrogens with zero attached hydrogens (tertiary/aromatic N) is 3. The Balaban J connectivity index is 2.58. The van der Waals surface area contributed by atoms with Crippen molar-refractivity contribution < 1.29 is 9.18 Å². The van der Waals surface area contributed by atoms with Gasteiger partial charge in [0.2, 0.25) is 5.91 Å². The van der Waals surface area contributed by atoms with E-state index < -0.39 is 5.82 Å². The Labute approximate surface area is 109 Å². The zero-order valence-electron chi connectivity index (χ0n) is 10.6. The number of rotatable bonds is 2. The quantitative estimate of drug-likeness (QED) is 0.898. The van der Waals surface area contributed by atoms with Crippen LogP contribution in [0, 0.1) is 12.7 Å². The van der Waals surface area contributed by atoms with Gasteiger partial charge in [-0.15, -0.1) is 0 Å². The van der Waals surface area contributed by atoms with Crippen LogP contribution in [-0.4, -0.2) is 15.9 Å². The maximum absolute atomic E-state index is 13.9. The lowest BCUT2D eigenvalue weighted by Crippen LogP contribution is -2.25. The van der Waals surface area contributed by atoms with Crippen LogP contribution in [-0.2, 0) is 4.79 Å². The molecule has 1 amide bonds. The van der Waals surface area contributed by atoms with Crippen molar-refractivity contribution in [3.05, 3.63) is 42.1 Å². The zero-order valence-corrected chi connectivity index (χ0v) is 10.6. The highest BCUT2D eigenvalue weighted by Gasteiger charge is 2.19. The van der Waals surface area contributed by atoms with Crippen LogP contribution < -0.4 is 10.6 Å². The number of anilines is 3. The van der Waals surface area contributed by atoms with Gasteiger partial charge in [-0.3, -0.25) is 14.7 Å². The molecule has 0 bridgehead atoms. The molecular weight excluding hydrogens is 247 g/mol. The number of amides is 1. The van der Waals surface area contributed by atoms with Crippen LogP contribution in [0.25, 0.3) is 0 Å². The van der Waals surface area contributed by atoms with Crippen LogP contribution in [0.2, 0.25) is 0 Å². The number of hydrogen-bond donors (Lipinski definition) is 1. The normalized spacial score (nSPS) is 10.3. The fraction of sp³-hybridized carbons (Fsp3) is 0.154. The van der Waals surface area contributed by atoms with Crippen molar-refractivity contribution in [1.82, 2.24) is 9.97 Å².